The smallest absolute Gasteiger partial charge is 0.306 e. The first-order chi connectivity index (χ1) is 10.7. The molecule has 0 saturated carbocycles. The Kier molecular flexibility index (Phi) is 16.4. The molecule has 0 heterocycles. The quantitative estimate of drug-likeness (QED) is 0.307. The van der Waals surface area contributed by atoms with E-state index in [9.17, 15) is 4.79 Å². The molecule has 0 fully saturated rings. The highest BCUT2D eigenvalue weighted by Crippen LogP contribution is 2.13. The van der Waals surface area contributed by atoms with Crippen LogP contribution in [0.3, 0.4) is 0 Å². The molecule has 0 radical (unpaired) electrons. The molecule has 0 aliphatic rings. The fraction of sp³-hybridized carbons (Fsp3) is 0.947. The molecular weight excluding hydrogens is 276 g/mol. The zero-order valence-corrected chi connectivity index (χ0v) is 14.9. The van der Waals surface area contributed by atoms with Crippen molar-refractivity contribution in [1.82, 2.24) is 0 Å². The lowest BCUT2D eigenvalue weighted by Gasteiger charge is -2.16. The number of rotatable bonds is 16. The van der Waals surface area contributed by atoms with E-state index in [1.54, 1.807) is 0 Å². The van der Waals surface area contributed by atoms with Crippen LogP contribution in [0.1, 0.15) is 104 Å². The van der Waals surface area contributed by atoms with E-state index in [1.165, 1.54) is 44.9 Å². The van der Waals surface area contributed by atoms with Crippen LogP contribution in [0.2, 0.25) is 0 Å². The van der Waals surface area contributed by atoms with Crippen LogP contribution in [0.15, 0.2) is 0 Å². The summed E-state index contributed by atoms with van der Waals surface area (Å²) in [5, 5.41) is 9.01. The number of hydrogen-bond acceptors (Lipinski definition) is 3. The molecule has 1 atom stereocenters. The average Bonchev–Trinajstić information content (AvgIpc) is 2.51. The molecule has 0 aliphatic heterocycles. The van der Waals surface area contributed by atoms with Crippen LogP contribution in [0.4, 0.5) is 0 Å². The lowest BCUT2D eigenvalue weighted by Crippen LogP contribution is -2.19. The molecule has 132 valence electrons. The number of carbonyl (C=O) groups excluding carboxylic acids is 1. The highest BCUT2D eigenvalue weighted by molar-refractivity contribution is 5.69. The predicted molar refractivity (Wildman–Crippen MR) is 93.0 cm³/mol. The summed E-state index contributed by atoms with van der Waals surface area (Å²) in [6.45, 7) is 4.46. The summed E-state index contributed by atoms with van der Waals surface area (Å²) in [5.41, 5.74) is 0. The van der Waals surface area contributed by atoms with Crippen molar-refractivity contribution in [3.05, 3.63) is 0 Å². The molecule has 0 spiro atoms. The Labute approximate surface area is 137 Å². The first-order valence-corrected chi connectivity index (χ1v) is 9.54. The van der Waals surface area contributed by atoms with Crippen molar-refractivity contribution in [2.75, 3.05) is 6.61 Å². The van der Waals surface area contributed by atoms with E-state index in [4.69, 9.17) is 9.84 Å². The largest absolute Gasteiger partial charge is 0.462 e. The summed E-state index contributed by atoms with van der Waals surface area (Å²) in [6, 6.07) is 0. The van der Waals surface area contributed by atoms with E-state index < -0.39 is 0 Å². The van der Waals surface area contributed by atoms with Crippen LogP contribution in [0.25, 0.3) is 0 Å². The Hall–Kier alpha value is -0.570. The molecule has 0 rings (SSSR count). The summed E-state index contributed by atoms with van der Waals surface area (Å²) in [4.78, 5) is 11.8. The van der Waals surface area contributed by atoms with Crippen LogP contribution < -0.4 is 0 Å². The highest BCUT2D eigenvalue weighted by Gasteiger charge is 2.13. The van der Waals surface area contributed by atoms with Gasteiger partial charge in [-0.25, -0.2) is 0 Å². The minimum Gasteiger partial charge on any atom is -0.462 e. The second-order valence-electron chi connectivity index (χ2n) is 6.34. The minimum atomic E-state index is -0.0870. The number of esters is 1. The van der Waals surface area contributed by atoms with Crippen molar-refractivity contribution >= 4 is 5.97 Å². The first-order valence-electron chi connectivity index (χ1n) is 9.54. The van der Waals surface area contributed by atoms with Crippen LogP contribution in [-0.2, 0) is 9.53 Å². The first kappa shape index (κ1) is 21.4. The summed E-state index contributed by atoms with van der Waals surface area (Å²) in [7, 11) is 0. The van der Waals surface area contributed by atoms with Crippen molar-refractivity contribution in [1.29, 1.82) is 0 Å². The van der Waals surface area contributed by atoms with Crippen LogP contribution in [0.5, 0.6) is 0 Å². The van der Waals surface area contributed by atoms with Gasteiger partial charge in [0.05, 0.1) is 0 Å². The van der Waals surface area contributed by atoms with Gasteiger partial charge in [-0.2, -0.15) is 0 Å². The summed E-state index contributed by atoms with van der Waals surface area (Å²) in [6.07, 6.45) is 15.4. The van der Waals surface area contributed by atoms with Gasteiger partial charge in [-0.3, -0.25) is 4.79 Å². The van der Waals surface area contributed by atoms with Gasteiger partial charge in [0.15, 0.2) is 0 Å². The zero-order chi connectivity index (χ0) is 16.5. The van der Waals surface area contributed by atoms with Crippen molar-refractivity contribution in [2.24, 2.45) is 0 Å². The monoisotopic (exact) mass is 314 g/mol. The number of aliphatic hydroxyl groups is 1. The normalized spacial score (nSPS) is 12.3. The Bertz CT molecular complexity index is 241. The van der Waals surface area contributed by atoms with Gasteiger partial charge in [-0.05, 0) is 12.8 Å². The van der Waals surface area contributed by atoms with Crippen LogP contribution >= 0.6 is 0 Å². The van der Waals surface area contributed by atoms with E-state index in [-0.39, 0.29) is 18.7 Å². The molecule has 3 heteroatoms. The minimum absolute atomic E-state index is 0.0856. The van der Waals surface area contributed by atoms with Crippen LogP contribution in [0, 0.1) is 0 Å². The van der Waals surface area contributed by atoms with Gasteiger partial charge in [0, 0.05) is 19.4 Å². The summed E-state index contributed by atoms with van der Waals surface area (Å²) < 4.78 is 5.47. The molecule has 0 aromatic heterocycles. The van der Waals surface area contributed by atoms with Gasteiger partial charge in [0.2, 0.25) is 0 Å². The van der Waals surface area contributed by atoms with Crippen molar-refractivity contribution in [2.45, 2.75) is 110 Å². The average molecular weight is 315 g/mol. The maximum Gasteiger partial charge on any atom is 0.306 e. The summed E-state index contributed by atoms with van der Waals surface area (Å²) >= 11 is 0. The highest BCUT2D eigenvalue weighted by atomic mass is 16.5. The topological polar surface area (TPSA) is 46.5 Å². The van der Waals surface area contributed by atoms with Gasteiger partial charge in [-0.15, -0.1) is 0 Å². The van der Waals surface area contributed by atoms with Crippen molar-refractivity contribution < 1.29 is 14.6 Å². The van der Waals surface area contributed by atoms with E-state index in [2.05, 4.69) is 13.8 Å². The number of hydrogen-bond donors (Lipinski definition) is 1. The van der Waals surface area contributed by atoms with Gasteiger partial charge in [-0.1, -0.05) is 78.1 Å². The standard InChI is InChI=1S/C19H38O3/c1-3-5-7-8-9-10-11-12-13-15-19(21)22-18(16-17-20)14-6-4-2/h18,20H,3-17H2,1-2H3. The molecule has 1 N–H and O–H groups in total. The third-order valence-corrected chi connectivity index (χ3v) is 4.11. The molecular formula is C19H38O3. The molecule has 0 aliphatic carbocycles. The lowest BCUT2D eigenvalue weighted by atomic mass is 10.1. The molecule has 22 heavy (non-hydrogen) atoms. The van der Waals surface area contributed by atoms with Gasteiger partial charge in [0.1, 0.15) is 6.10 Å². The third kappa shape index (κ3) is 14.4. The van der Waals surface area contributed by atoms with E-state index in [1.807, 2.05) is 0 Å². The molecule has 0 aromatic rings. The predicted octanol–water partition coefficient (Wildman–Crippen LogP) is 5.39. The maximum absolute atomic E-state index is 11.8. The molecule has 0 bridgehead atoms. The number of carbonyl (C=O) groups is 1. The zero-order valence-electron chi connectivity index (χ0n) is 14.9. The Morgan fingerprint density at radius 3 is 1.91 bits per heavy atom. The van der Waals surface area contributed by atoms with Gasteiger partial charge in [0.25, 0.3) is 0 Å². The molecule has 1 unspecified atom stereocenters. The number of ether oxygens (including phenoxy) is 1. The summed E-state index contributed by atoms with van der Waals surface area (Å²) in [5.74, 6) is -0.0856. The van der Waals surface area contributed by atoms with Gasteiger partial charge >= 0.3 is 5.97 Å². The lowest BCUT2D eigenvalue weighted by molar-refractivity contribution is -0.150. The fourth-order valence-electron chi connectivity index (χ4n) is 2.66. The second kappa shape index (κ2) is 16.8. The van der Waals surface area contributed by atoms with E-state index >= 15 is 0 Å². The third-order valence-electron chi connectivity index (χ3n) is 4.11. The fourth-order valence-corrected chi connectivity index (χ4v) is 2.66. The number of aliphatic hydroxyl groups excluding tert-OH is 1. The molecule has 0 aromatic carbocycles. The van der Waals surface area contributed by atoms with Gasteiger partial charge < -0.3 is 9.84 Å². The molecule has 3 nitrogen and oxygen atoms in total. The Morgan fingerprint density at radius 1 is 0.818 bits per heavy atom. The molecule has 0 saturated heterocycles. The second-order valence-corrected chi connectivity index (χ2v) is 6.34. The SMILES string of the molecule is CCCCCCCCCCCC(=O)OC(CCO)CCCC. The van der Waals surface area contributed by atoms with E-state index in [0.29, 0.717) is 12.8 Å². The van der Waals surface area contributed by atoms with Crippen molar-refractivity contribution in [3.8, 4) is 0 Å². The molecule has 0 amide bonds. The van der Waals surface area contributed by atoms with E-state index in [0.717, 1.165) is 32.1 Å². The van der Waals surface area contributed by atoms with Crippen molar-refractivity contribution in [3.63, 3.8) is 0 Å². The Balaban J connectivity index is 3.50. The Morgan fingerprint density at radius 2 is 1.36 bits per heavy atom. The maximum atomic E-state index is 11.8. The van der Waals surface area contributed by atoms with Crippen LogP contribution in [-0.4, -0.2) is 23.8 Å². The number of unbranched alkanes of at least 4 members (excludes halogenated alkanes) is 9.